The molecule has 3 fully saturated rings. The predicted octanol–water partition coefficient (Wildman–Crippen LogP) is 3.17. The summed E-state index contributed by atoms with van der Waals surface area (Å²) < 4.78 is 38.3. The molecule has 0 spiro atoms. The molecule has 2 aromatic heterocycles. The molecule has 3 saturated heterocycles. The molecule has 3 aliphatic heterocycles. The molecular formula is C26H29FN6O3S. The second-order valence-corrected chi connectivity index (χ2v) is 12.4. The van der Waals surface area contributed by atoms with E-state index in [-0.39, 0.29) is 29.6 Å². The number of nitrogens with one attached hydrogen (secondary N) is 4. The smallest absolute Gasteiger partial charge is 0.261 e. The summed E-state index contributed by atoms with van der Waals surface area (Å²) in [4.78, 5) is 26.7. The number of para-hydroxylation sites is 2. The molecule has 1 atom stereocenters. The SMILES string of the molecule is CS(=O)(=O)CCNc1cc2[nH]c(=O)c(-c3nc4ccccc4[nH]3)c(N[C@H]3CN4CCC3CC4)c2cc1F. The number of fused-ring (bicyclic) bond motifs is 5. The standard InChI is InChI=1S/C26H29FN6O3S/c1-37(35,36)11-8-28-21-13-20-16(12-17(21)27)24(29-22-14-33-9-6-15(22)7-10-33)23(26(34)32-20)25-30-18-4-2-3-5-19(18)31-25/h2-5,12-13,15,22,28H,6-11,14H2,1H3,(H,30,31)(H2,29,32,34)/t22-/m0/s1. The van der Waals surface area contributed by atoms with Crippen LogP contribution in [0.1, 0.15) is 12.8 Å². The van der Waals surface area contributed by atoms with Crippen LogP contribution in [-0.2, 0) is 9.84 Å². The van der Waals surface area contributed by atoms with E-state index < -0.39 is 15.7 Å². The van der Waals surface area contributed by atoms with Gasteiger partial charge < -0.3 is 25.5 Å². The lowest BCUT2D eigenvalue weighted by atomic mass is 9.83. The zero-order chi connectivity index (χ0) is 25.7. The highest BCUT2D eigenvalue weighted by molar-refractivity contribution is 7.90. The third-order valence-electron chi connectivity index (χ3n) is 7.50. The molecular weight excluding hydrogens is 495 g/mol. The zero-order valence-corrected chi connectivity index (χ0v) is 21.3. The van der Waals surface area contributed by atoms with E-state index in [0.29, 0.717) is 33.9 Å². The number of piperidine rings is 3. The molecule has 3 aliphatic rings. The number of pyridine rings is 1. The van der Waals surface area contributed by atoms with Gasteiger partial charge >= 0.3 is 0 Å². The zero-order valence-electron chi connectivity index (χ0n) is 20.5. The van der Waals surface area contributed by atoms with Crippen LogP contribution in [0, 0.1) is 11.7 Å². The summed E-state index contributed by atoms with van der Waals surface area (Å²) in [5.41, 5.74) is 2.69. The Labute approximate surface area is 213 Å². The van der Waals surface area contributed by atoms with Crippen molar-refractivity contribution in [3.63, 3.8) is 0 Å². The topological polar surface area (TPSA) is 123 Å². The Hall–Kier alpha value is -3.44. The number of anilines is 2. The lowest BCUT2D eigenvalue weighted by Crippen LogP contribution is -2.53. The van der Waals surface area contributed by atoms with E-state index in [4.69, 9.17) is 0 Å². The summed E-state index contributed by atoms with van der Waals surface area (Å²) in [6.45, 7) is 3.08. The van der Waals surface area contributed by atoms with Crippen LogP contribution in [0.25, 0.3) is 33.3 Å². The number of imidazole rings is 1. The van der Waals surface area contributed by atoms with Crippen LogP contribution in [0.2, 0.25) is 0 Å². The number of sulfone groups is 1. The van der Waals surface area contributed by atoms with Crippen LogP contribution in [0.4, 0.5) is 15.8 Å². The molecule has 4 N–H and O–H groups in total. The highest BCUT2D eigenvalue weighted by atomic mass is 32.2. The van der Waals surface area contributed by atoms with Gasteiger partial charge in [-0.25, -0.2) is 17.8 Å². The number of nitrogens with zero attached hydrogens (tertiary/aromatic N) is 2. The van der Waals surface area contributed by atoms with Crippen molar-refractivity contribution in [2.75, 3.05) is 48.8 Å². The average molecular weight is 525 g/mol. The van der Waals surface area contributed by atoms with E-state index in [9.17, 15) is 13.2 Å². The highest BCUT2D eigenvalue weighted by Crippen LogP contribution is 2.37. The number of aromatic amines is 2. The van der Waals surface area contributed by atoms with E-state index in [1.165, 1.54) is 12.1 Å². The van der Waals surface area contributed by atoms with Crippen LogP contribution in [0.5, 0.6) is 0 Å². The van der Waals surface area contributed by atoms with Gasteiger partial charge in [0.2, 0.25) is 0 Å². The van der Waals surface area contributed by atoms with Crippen LogP contribution >= 0.6 is 0 Å². The summed E-state index contributed by atoms with van der Waals surface area (Å²) in [5.74, 6) is 0.243. The van der Waals surface area contributed by atoms with Gasteiger partial charge in [0.25, 0.3) is 5.56 Å². The number of hydrogen-bond acceptors (Lipinski definition) is 7. The molecule has 7 rings (SSSR count). The highest BCUT2D eigenvalue weighted by Gasteiger charge is 2.35. The summed E-state index contributed by atoms with van der Waals surface area (Å²) in [7, 11) is -3.20. The van der Waals surface area contributed by atoms with Crippen molar-refractivity contribution in [2.24, 2.45) is 5.92 Å². The maximum atomic E-state index is 15.3. The van der Waals surface area contributed by atoms with Crippen LogP contribution < -0.4 is 16.2 Å². The molecule has 0 amide bonds. The molecule has 2 bridgehead atoms. The van der Waals surface area contributed by atoms with Crippen molar-refractivity contribution in [1.29, 1.82) is 0 Å². The monoisotopic (exact) mass is 524 g/mol. The number of H-pyrrole nitrogens is 2. The molecule has 4 aromatic rings. The molecule has 11 heteroatoms. The molecule has 2 aromatic carbocycles. The lowest BCUT2D eigenvalue weighted by molar-refractivity contribution is 0.0976. The maximum Gasteiger partial charge on any atom is 0.261 e. The van der Waals surface area contributed by atoms with Gasteiger partial charge in [-0.1, -0.05) is 12.1 Å². The van der Waals surface area contributed by atoms with E-state index in [0.717, 1.165) is 49.8 Å². The summed E-state index contributed by atoms with van der Waals surface area (Å²) in [6, 6.07) is 10.6. The normalized spacial score (nSPS) is 21.5. The van der Waals surface area contributed by atoms with Gasteiger partial charge in [0, 0.05) is 30.8 Å². The van der Waals surface area contributed by atoms with E-state index in [1.54, 1.807) is 0 Å². The van der Waals surface area contributed by atoms with Gasteiger partial charge in [0.05, 0.1) is 33.7 Å². The third kappa shape index (κ3) is 4.69. The van der Waals surface area contributed by atoms with Gasteiger partial charge in [0.15, 0.2) is 0 Å². The van der Waals surface area contributed by atoms with Crippen molar-refractivity contribution in [3.8, 4) is 11.4 Å². The van der Waals surface area contributed by atoms with Crippen LogP contribution in [0.3, 0.4) is 0 Å². The number of hydrogen-bond donors (Lipinski definition) is 4. The fourth-order valence-electron chi connectivity index (χ4n) is 5.58. The van der Waals surface area contributed by atoms with Crippen molar-refractivity contribution in [3.05, 3.63) is 52.6 Å². The van der Waals surface area contributed by atoms with Gasteiger partial charge in [-0.3, -0.25) is 4.79 Å². The first-order valence-electron chi connectivity index (χ1n) is 12.5. The van der Waals surface area contributed by atoms with E-state index in [1.807, 2.05) is 24.3 Å². The van der Waals surface area contributed by atoms with Crippen molar-refractivity contribution >= 4 is 43.1 Å². The fraction of sp³-hybridized carbons (Fsp3) is 0.385. The Kier molecular flexibility index (Phi) is 5.91. The Morgan fingerprint density at radius 2 is 1.92 bits per heavy atom. The predicted molar refractivity (Wildman–Crippen MR) is 144 cm³/mol. The average Bonchev–Trinajstić information content (AvgIpc) is 3.28. The minimum Gasteiger partial charge on any atom is -0.382 e. The molecule has 37 heavy (non-hydrogen) atoms. The number of halogens is 1. The summed E-state index contributed by atoms with van der Waals surface area (Å²) in [5, 5.41) is 7.01. The Bertz CT molecular complexity index is 1620. The molecule has 9 nitrogen and oxygen atoms in total. The molecule has 0 aliphatic carbocycles. The molecule has 194 valence electrons. The minimum absolute atomic E-state index is 0.0628. The van der Waals surface area contributed by atoms with Crippen molar-refractivity contribution < 1.29 is 12.8 Å². The Morgan fingerprint density at radius 1 is 1.14 bits per heavy atom. The maximum absolute atomic E-state index is 15.3. The van der Waals surface area contributed by atoms with Gasteiger partial charge in [-0.15, -0.1) is 0 Å². The first-order valence-corrected chi connectivity index (χ1v) is 14.6. The summed E-state index contributed by atoms with van der Waals surface area (Å²) >= 11 is 0. The largest absolute Gasteiger partial charge is 0.382 e. The van der Waals surface area contributed by atoms with Gasteiger partial charge in [-0.2, -0.15) is 0 Å². The minimum atomic E-state index is -3.20. The molecule has 0 radical (unpaired) electrons. The second-order valence-electron chi connectivity index (χ2n) is 10.1. The van der Waals surface area contributed by atoms with Crippen LogP contribution in [0.15, 0.2) is 41.2 Å². The third-order valence-corrected chi connectivity index (χ3v) is 8.45. The first-order chi connectivity index (χ1) is 17.7. The Morgan fingerprint density at radius 3 is 2.62 bits per heavy atom. The van der Waals surface area contributed by atoms with E-state index >= 15 is 4.39 Å². The summed E-state index contributed by atoms with van der Waals surface area (Å²) in [6.07, 6.45) is 3.30. The van der Waals surface area contributed by atoms with Gasteiger partial charge in [-0.05, 0) is 56.1 Å². The molecule has 0 saturated carbocycles. The number of aromatic nitrogens is 3. The Balaban J connectivity index is 1.47. The quantitative estimate of drug-likeness (QED) is 0.293. The molecule has 0 unspecified atom stereocenters. The van der Waals surface area contributed by atoms with Gasteiger partial charge in [0.1, 0.15) is 27.0 Å². The first kappa shape index (κ1) is 23.9. The van der Waals surface area contributed by atoms with Crippen molar-refractivity contribution in [2.45, 2.75) is 18.9 Å². The van der Waals surface area contributed by atoms with Crippen LogP contribution in [-0.4, -0.2) is 72.5 Å². The number of rotatable bonds is 7. The fourth-order valence-corrected chi connectivity index (χ4v) is 6.06. The lowest BCUT2D eigenvalue weighted by Gasteiger charge is -2.45. The van der Waals surface area contributed by atoms with E-state index in [2.05, 4.69) is 30.5 Å². The number of benzene rings is 2. The molecule has 5 heterocycles. The second kappa shape index (κ2) is 9.14. The van der Waals surface area contributed by atoms with Crippen molar-refractivity contribution in [1.82, 2.24) is 19.9 Å².